The minimum absolute atomic E-state index is 0.121. The van der Waals surface area contributed by atoms with Crippen molar-refractivity contribution >= 4 is 7.37 Å². The summed E-state index contributed by atoms with van der Waals surface area (Å²) in [6, 6.07) is 0. The van der Waals surface area contributed by atoms with Gasteiger partial charge >= 0.3 is 0 Å². The Labute approximate surface area is 71.7 Å². The first kappa shape index (κ1) is 11.6. The molecule has 0 aromatic rings. The summed E-state index contributed by atoms with van der Waals surface area (Å²) >= 11 is 0. The number of rotatable bonds is 6. The van der Waals surface area contributed by atoms with Crippen LogP contribution in [0.1, 0.15) is 13.3 Å². The van der Waals surface area contributed by atoms with Crippen molar-refractivity contribution in [3.63, 3.8) is 0 Å². The molecule has 0 aromatic carbocycles. The van der Waals surface area contributed by atoms with Gasteiger partial charge in [-0.1, -0.05) is 6.92 Å². The molecule has 1 atom stereocenters. The van der Waals surface area contributed by atoms with Crippen LogP contribution in [0, 0.1) is 10.1 Å². The van der Waals surface area contributed by atoms with E-state index in [4.69, 9.17) is 4.52 Å². The summed E-state index contributed by atoms with van der Waals surface area (Å²) < 4.78 is 16.2. The number of nitro groups is 1. The van der Waals surface area contributed by atoms with E-state index in [9.17, 15) is 14.7 Å². The van der Waals surface area contributed by atoms with Gasteiger partial charge in [-0.15, -0.1) is 0 Å². The molecular formula is C6H14NO4P. The predicted molar refractivity (Wildman–Crippen MR) is 46.5 cm³/mol. The van der Waals surface area contributed by atoms with Crippen molar-refractivity contribution in [1.29, 1.82) is 0 Å². The van der Waals surface area contributed by atoms with E-state index in [-0.39, 0.29) is 13.2 Å². The third-order valence-corrected chi connectivity index (χ3v) is 3.30. The lowest BCUT2D eigenvalue weighted by molar-refractivity contribution is -0.480. The zero-order valence-corrected chi connectivity index (χ0v) is 8.25. The zero-order chi connectivity index (χ0) is 9.61. The van der Waals surface area contributed by atoms with E-state index in [2.05, 4.69) is 0 Å². The standard InChI is InChI=1S/C6H14NO4P/c1-3-12(2,10)11-6-4-5-7(8)9/h3-6H2,1-2H3. The first-order valence-electron chi connectivity index (χ1n) is 3.81. The highest BCUT2D eigenvalue weighted by atomic mass is 31.2. The molecule has 72 valence electrons. The number of hydrogen-bond acceptors (Lipinski definition) is 4. The number of nitrogens with zero attached hydrogens (tertiary/aromatic N) is 1. The van der Waals surface area contributed by atoms with Gasteiger partial charge in [-0.05, 0) is 0 Å². The lowest BCUT2D eigenvalue weighted by Crippen LogP contribution is -2.04. The van der Waals surface area contributed by atoms with Crippen molar-refractivity contribution in [1.82, 2.24) is 0 Å². The van der Waals surface area contributed by atoms with Gasteiger partial charge in [-0.25, -0.2) is 0 Å². The Kier molecular flexibility index (Phi) is 5.09. The van der Waals surface area contributed by atoms with E-state index in [1.54, 1.807) is 13.6 Å². The van der Waals surface area contributed by atoms with Crippen LogP contribution >= 0.6 is 7.37 Å². The summed E-state index contributed by atoms with van der Waals surface area (Å²) in [5.74, 6) is 0. The fourth-order valence-corrected chi connectivity index (χ4v) is 1.24. The molecule has 0 saturated carbocycles. The van der Waals surface area contributed by atoms with Crippen molar-refractivity contribution in [3.05, 3.63) is 10.1 Å². The van der Waals surface area contributed by atoms with Gasteiger partial charge in [0.15, 0.2) is 7.37 Å². The van der Waals surface area contributed by atoms with Gasteiger partial charge in [0.1, 0.15) is 0 Å². The molecule has 0 rings (SSSR count). The lowest BCUT2D eigenvalue weighted by atomic mass is 10.5. The van der Waals surface area contributed by atoms with Gasteiger partial charge in [0, 0.05) is 24.2 Å². The van der Waals surface area contributed by atoms with Crippen LogP contribution in [0.5, 0.6) is 0 Å². The Hall–Kier alpha value is -0.410. The van der Waals surface area contributed by atoms with Crippen LogP contribution in [0.4, 0.5) is 0 Å². The van der Waals surface area contributed by atoms with Gasteiger partial charge in [-0.2, -0.15) is 0 Å². The molecule has 0 spiro atoms. The van der Waals surface area contributed by atoms with E-state index >= 15 is 0 Å². The fraction of sp³-hybridized carbons (Fsp3) is 1.00. The molecule has 0 aliphatic carbocycles. The molecule has 0 heterocycles. The molecule has 6 heteroatoms. The highest BCUT2D eigenvalue weighted by Gasteiger charge is 2.12. The fourth-order valence-electron chi connectivity index (χ4n) is 0.543. The van der Waals surface area contributed by atoms with Gasteiger partial charge in [0.05, 0.1) is 6.61 Å². The van der Waals surface area contributed by atoms with E-state index in [0.717, 1.165) is 0 Å². The lowest BCUT2D eigenvalue weighted by Gasteiger charge is -2.09. The molecule has 0 saturated heterocycles. The van der Waals surface area contributed by atoms with Crippen LogP contribution in [-0.4, -0.2) is 30.9 Å². The summed E-state index contributed by atoms with van der Waals surface area (Å²) in [4.78, 5) is 9.47. The highest BCUT2D eigenvalue weighted by molar-refractivity contribution is 7.58. The topological polar surface area (TPSA) is 69.4 Å². The molecule has 0 amide bonds. The summed E-state index contributed by atoms with van der Waals surface area (Å²) in [5.41, 5.74) is 0. The van der Waals surface area contributed by atoms with Gasteiger partial charge in [0.2, 0.25) is 6.54 Å². The first-order valence-corrected chi connectivity index (χ1v) is 6.06. The van der Waals surface area contributed by atoms with Crippen LogP contribution in [0.2, 0.25) is 0 Å². The third kappa shape index (κ3) is 6.31. The average Bonchev–Trinajstić information content (AvgIpc) is 1.98. The molecular weight excluding hydrogens is 181 g/mol. The van der Waals surface area contributed by atoms with Crippen molar-refractivity contribution in [2.75, 3.05) is 26.0 Å². The van der Waals surface area contributed by atoms with E-state index in [0.29, 0.717) is 12.6 Å². The Balaban J connectivity index is 3.44. The molecule has 0 radical (unpaired) electrons. The molecule has 0 aliphatic rings. The minimum Gasteiger partial charge on any atom is -0.328 e. The predicted octanol–water partition coefficient (Wildman–Crippen LogP) is 1.60. The quantitative estimate of drug-likeness (QED) is 0.279. The normalized spacial score (nSPS) is 15.5. The largest absolute Gasteiger partial charge is 0.328 e. The van der Waals surface area contributed by atoms with Crippen molar-refractivity contribution in [2.45, 2.75) is 13.3 Å². The molecule has 1 unspecified atom stereocenters. The molecule has 0 aromatic heterocycles. The maximum atomic E-state index is 11.2. The average molecular weight is 195 g/mol. The number of hydrogen-bond donors (Lipinski definition) is 0. The highest BCUT2D eigenvalue weighted by Crippen LogP contribution is 2.41. The summed E-state index contributed by atoms with van der Waals surface area (Å²) in [6.45, 7) is 3.40. The maximum Gasteiger partial charge on any atom is 0.206 e. The molecule has 0 bridgehead atoms. The second-order valence-corrected chi connectivity index (χ2v) is 5.49. The van der Waals surface area contributed by atoms with Gasteiger partial charge in [0.25, 0.3) is 0 Å². The SMILES string of the molecule is CCP(C)(=O)OCCC[N+](=O)[O-]. The van der Waals surface area contributed by atoms with E-state index in [1.165, 1.54) is 0 Å². The van der Waals surface area contributed by atoms with E-state index in [1.807, 2.05) is 0 Å². The van der Waals surface area contributed by atoms with Gasteiger partial charge in [-0.3, -0.25) is 14.7 Å². The Morgan fingerprint density at radius 1 is 1.58 bits per heavy atom. The minimum atomic E-state index is -2.46. The molecule has 5 nitrogen and oxygen atoms in total. The zero-order valence-electron chi connectivity index (χ0n) is 7.36. The van der Waals surface area contributed by atoms with Crippen LogP contribution in [-0.2, 0) is 9.09 Å². The van der Waals surface area contributed by atoms with E-state index < -0.39 is 12.3 Å². The molecule has 0 N–H and O–H groups in total. The summed E-state index contributed by atoms with van der Waals surface area (Å²) in [6.07, 6.45) is 0.802. The van der Waals surface area contributed by atoms with Crippen molar-refractivity contribution < 1.29 is 14.0 Å². The van der Waals surface area contributed by atoms with Crippen LogP contribution < -0.4 is 0 Å². The third-order valence-electron chi connectivity index (χ3n) is 1.42. The molecule has 0 aliphatic heterocycles. The molecule has 0 fully saturated rings. The monoisotopic (exact) mass is 195 g/mol. The molecule has 12 heavy (non-hydrogen) atoms. The Bertz CT molecular complexity index is 194. The first-order chi connectivity index (χ1) is 5.48. The Morgan fingerprint density at radius 2 is 2.17 bits per heavy atom. The summed E-state index contributed by atoms with van der Waals surface area (Å²) in [5, 5.41) is 9.87. The van der Waals surface area contributed by atoms with Crippen LogP contribution in [0.25, 0.3) is 0 Å². The van der Waals surface area contributed by atoms with Crippen LogP contribution in [0.15, 0.2) is 0 Å². The second-order valence-electron chi connectivity index (χ2n) is 2.57. The maximum absolute atomic E-state index is 11.2. The van der Waals surface area contributed by atoms with Crippen molar-refractivity contribution in [3.8, 4) is 0 Å². The smallest absolute Gasteiger partial charge is 0.206 e. The van der Waals surface area contributed by atoms with Crippen molar-refractivity contribution in [2.24, 2.45) is 0 Å². The van der Waals surface area contributed by atoms with Crippen LogP contribution in [0.3, 0.4) is 0 Å². The van der Waals surface area contributed by atoms with Gasteiger partial charge < -0.3 is 4.52 Å². The second kappa shape index (κ2) is 5.27. The Morgan fingerprint density at radius 3 is 2.58 bits per heavy atom. The summed E-state index contributed by atoms with van der Waals surface area (Å²) in [7, 11) is -2.46.